The van der Waals surface area contributed by atoms with Crippen molar-refractivity contribution in [1.82, 2.24) is 77.3 Å². The fraction of sp³-hybridized carbons (Fsp3) is 0.467. The number of para-hydroxylation sites is 1. The number of fused-ring (bicyclic) bond motifs is 3. The van der Waals surface area contributed by atoms with Gasteiger partial charge in [0.1, 0.15) is 84.3 Å². The van der Waals surface area contributed by atoms with Crippen molar-refractivity contribution in [3.05, 3.63) is 173 Å². The molecular formula is C92H116F3N17O22S. The van der Waals surface area contributed by atoms with Gasteiger partial charge in [-0.05, 0) is 96.3 Å². The number of nitrogens with two attached hydrogens (primary N) is 2. The summed E-state index contributed by atoms with van der Waals surface area (Å²) in [7, 11) is 3.53. The van der Waals surface area contributed by atoms with Crippen molar-refractivity contribution in [2.24, 2.45) is 17.4 Å². The number of carbonyl (C=O) groups excluding carboxylic acids is 15. The Balaban J connectivity index is 1.14. The van der Waals surface area contributed by atoms with Gasteiger partial charge in [-0.2, -0.15) is 0 Å². The maximum atomic E-state index is 15.7. The predicted octanol–water partition coefficient (Wildman–Crippen LogP) is -0.640. The summed E-state index contributed by atoms with van der Waals surface area (Å²) in [5.74, 6) is -27.3. The summed E-state index contributed by atoms with van der Waals surface area (Å²) in [6, 6.07) is 6.49. The fourth-order valence-corrected chi connectivity index (χ4v) is 17.2. The van der Waals surface area contributed by atoms with E-state index in [-0.39, 0.29) is 57.2 Å². The second-order valence-corrected chi connectivity index (χ2v) is 35.1. The van der Waals surface area contributed by atoms with Crippen LogP contribution in [0.3, 0.4) is 0 Å². The van der Waals surface area contributed by atoms with E-state index in [1.165, 1.54) is 58.4 Å². The smallest absolute Gasteiger partial charge is 0.305 e. The molecule has 0 saturated carbocycles. The van der Waals surface area contributed by atoms with Gasteiger partial charge in [-0.1, -0.05) is 125 Å². The van der Waals surface area contributed by atoms with Crippen LogP contribution in [0.1, 0.15) is 113 Å². The number of hydrogen-bond acceptors (Lipinski definition) is 22. The lowest BCUT2D eigenvalue weighted by Crippen LogP contribution is -2.62. The number of aromatic hydroxyl groups is 1. The first-order valence-corrected chi connectivity index (χ1v) is 45.3. The number of nitrogens with one attached hydrogen (secondary N) is 10. The zero-order valence-electron chi connectivity index (χ0n) is 75.3. The second kappa shape index (κ2) is 49.4. The van der Waals surface area contributed by atoms with Crippen molar-refractivity contribution in [3.8, 4) is 5.75 Å². The molecule has 6 aromatic rings. The molecule has 9 rings (SSSR count). The lowest BCUT2D eigenvalue weighted by Gasteiger charge is -2.38. The summed E-state index contributed by atoms with van der Waals surface area (Å²) in [6.45, 7) is 2.58. The Morgan fingerprint density at radius 2 is 1.02 bits per heavy atom. The van der Waals surface area contributed by atoms with Crippen LogP contribution in [-0.2, 0) is 114 Å². The van der Waals surface area contributed by atoms with Gasteiger partial charge >= 0.3 is 11.9 Å². The molecule has 3 saturated heterocycles. The number of halogens is 3. The number of H-pyrrole nitrogens is 1. The Labute approximate surface area is 779 Å². The van der Waals surface area contributed by atoms with Crippen molar-refractivity contribution >= 4 is 123 Å². The first-order valence-electron chi connectivity index (χ1n) is 44.2. The van der Waals surface area contributed by atoms with E-state index in [9.17, 15) is 68.3 Å². The number of phenols is 1. The highest BCUT2D eigenvalue weighted by Gasteiger charge is 2.48. The van der Waals surface area contributed by atoms with E-state index in [1.54, 1.807) is 91.9 Å². The SMILES string of the molecule is CCCC[C@H]1C(=O)N2C[C@@H](O)C[C@@H]2C(=O)N[C@@H](CC(=O)O)C(=O)N[C@@H](C(C)C)C(=O)N(C)[C@@H](Cc2ccccc2)C(=O)N[C@@H](CCC(=O)O)C(=O)N2C[C@@H](O)C[C@@H]2C(=O)N[C@@H](Cc2c[nH]c3ccccc23)C(=O)N[C@@H](Cc2ccc(O)cc2)C(=O)N[C@@H](CCCN)C(=O)N[C@H](C(=O)NCC(N)=O)CSCC(=O)N[C@@H](Cc2cc(F)c(F)c(F)c2)C(=O)N(C)[C@@H](Cc2ccccc2)C(=O)N1C. The van der Waals surface area contributed by atoms with E-state index in [1.807, 2.05) is 0 Å². The summed E-state index contributed by atoms with van der Waals surface area (Å²) in [5, 5.41) is 77.1. The third-order valence-electron chi connectivity index (χ3n) is 23.7. The fourth-order valence-electron chi connectivity index (χ4n) is 16.4. The largest absolute Gasteiger partial charge is 0.508 e. The summed E-state index contributed by atoms with van der Waals surface area (Å²) in [6.07, 6.45) is -7.34. The van der Waals surface area contributed by atoms with Gasteiger partial charge in [-0.15, -0.1) is 11.8 Å². The van der Waals surface area contributed by atoms with Crippen LogP contribution in [0, 0.1) is 23.4 Å². The Kier molecular flexibility index (Phi) is 38.5. The number of phenolic OH excluding ortho intramolecular Hbond substituents is 1. The number of benzene rings is 5. The maximum absolute atomic E-state index is 15.7. The number of likely N-dealkylation sites (N-methyl/N-ethyl adjacent to an activating group) is 3. The minimum atomic E-state index is -2.08. The molecule has 3 fully saturated rings. The number of amides is 15. The van der Waals surface area contributed by atoms with Crippen LogP contribution < -0.4 is 59.3 Å². The zero-order chi connectivity index (χ0) is 98.8. The molecule has 1 aromatic heterocycles. The number of aromatic amines is 1. The van der Waals surface area contributed by atoms with Gasteiger partial charge in [0.15, 0.2) is 17.5 Å². The van der Waals surface area contributed by atoms with Crippen LogP contribution in [0.2, 0.25) is 0 Å². The number of primary amides is 1. The number of nitrogens with zero attached hydrogens (tertiary/aromatic N) is 5. The highest BCUT2D eigenvalue weighted by molar-refractivity contribution is 8.00. The number of aliphatic hydroxyl groups excluding tert-OH is 2. The number of carboxylic acid groups (broad SMARTS) is 2. The van der Waals surface area contributed by atoms with Gasteiger partial charge in [0.2, 0.25) is 88.6 Å². The van der Waals surface area contributed by atoms with Crippen molar-refractivity contribution in [3.63, 3.8) is 0 Å². The van der Waals surface area contributed by atoms with Crippen molar-refractivity contribution < 1.29 is 120 Å². The van der Waals surface area contributed by atoms with Gasteiger partial charge in [0.25, 0.3) is 0 Å². The van der Waals surface area contributed by atoms with Crippen LogP contribution in [-0.4, -0.2) is 305 Å². The number of aliphatic hydroxyl groups is 2. The summed E-state index contributed by atoms with van der Waals surface area (Å²) in [5.41, 5.74) is 13.1. The molecule has 0 aliphatic carbocycles. The first-order chi connectivity index (χ1) is 64.1. The number of hydrogen-bond donors (Lipinski definition) is 17. The van der Waals surface area contributed by atoms with Crippen molar-refractivity contribution in [1.29, 1.82) is 0 Å². The van der Waals surface area contributed by atoms with Crippen LogP contribution >= 0.6 is 11.8 Å². The summed E-state index contributed by atoms with van der Waals surface area (Å²) in [4.78, 5) is 257. The molecule has 3 aliphatic rings. The molecule has 15 atom stereocenters. The number of unbranched alkanes of at least 4 members (excludes halogenated alkanes) is 1. The van der Waals surface area contributed by atoms with E-state index >= 15 is 51.9 Å². The molecule has 4 heterocycles. The van der Waals surface area contributed by atoms with Crippen LogP contribution in [0.4, 0.5) is 13.2 Å². The molecule has 0 bridgehead atoms. The number of aromatic nitrogens is 1. The molecule has 0 radical (unpaired) electrons. The number of thioether (sulfide) groups is 1. The number of carboxylic acids is 2. The molecule has 728 valence electrons. The third kappa shape index (κ3) is 29.2. The molecule has 0 unspecified atom stereocenters. The Morgan fingerprint density at radius 1 is 0.511 bits per heavy atom. The monoisotopic (exact) mass is 1900 g/mol. The average molecular weight is 1900 g/mol. The van der Waals surface area contributed by atoms with Crippen LogP contribution in [0.5, 0.6) is 5.75 Å². The van der Waals surface area contributed by atoms with Crippen molar-refractivity contribution in [2.75, 3.05) is 58.8 Å². The minimum Gasteiger partial charge on any atom is -0.508 e. The topological polar surface area (TPSA) is 584 Å². The highest BCUT2D eigenvalue weighted by atomic mass is 32.2. The highest BCUT2D eigenvalue weighted by Crippen LogP contribution is 2.29. The van der Waals surface area contributed by atoms with E-state index in [4.69, 9.17) is 11.5 Å². The number of aliphatic carboxylic acids is 2. The van der Waals surface area contributed by atoms with Crippen molar-refractivity contribution in [2.45, 2.75) is 208 Å². The van der Waals surface area contributed by atoms with Gasteiger partial charge in [-0.3, -0.25) is 81.5 Å². The van der Waals surface area contributed by atoms with Crippen LogP contribution in [0.25, 0.3) is 10.9 Å². The molecule has 5 aromatic carbocycles. The van der Waals surface area contributed by atoms with Gasteiger partial charge in [0.05, 0.1) is 30.9 Å². The number of carbonyl (C=O) groups is 17. The van der Waals surface area contributed by atoms with Gasteiger partial charge < -0.3 is 114 Å². The minimum absolute atomic E-state index is 0.00873. The molecule has 15 amide bonds. The predicted molar refractivity (Wildman–Crippen MR) is 483 cm³/mol. The average Bonchev–Trinajstić information content (AvgIpc) is 1.64. The molecule has 135 heavy (non-hydrogen) atoms. The Hall–Kier alpha value is -13.6. The maximum Gasteiger partial charge on any atom is 0.305 e. The first kappa shape index (κ1) is 105. The molecular weight excluding hydrogens is 1780 g/mol. The normalized spacial score (nSPS) is 24.5. The molecule has 39 nitrogen and oxygen atoms in total. The molecule has 3 aliphatic heterocycles. The summed E-state index contributed by atoms with van der Waals surface area (Å²) >= 11 is 0.624. The standard InChI is InChI=1S/C92H116F3N17O22S/c1-7-8-25-69-91(133)112-46-57(115)41-72(112)87(129)105-66(42-77(120)121)84(126)107-79(49(2)3)92(134)109(5)70(37-50-18-11-9-12-19-50)85(127)102-63(30-31-76(118)119)89(131)111-45-56(114)40-71(111)86(128)104-65(39-54-43-98-61-23-16-15-22-58(54)61)83(125)103-64(35-52-26-28-55(113)29-27-52)82(124)101-62(24-17-32-96)81(123)106-68(80(122)99-44-74(97)116)47-135-48-75(117)100-67(36-53-33-59(93)78(95)60(94)34-53)88(130)110(6)73(90(132)108(69)4)38-51-20-13-10-14-21-51/h9-16,18-23,26-29,33-34,43,49,56-57,62-73,79,98,113-115H,7-8,17,24-25,30-32,35-42,44-48,96H2,1-6H3,(H2,97,116)(H,99,122)(H,100,117)(H,101,124)(H,102,127)(H,103,125)(H,104,128)(H,105,129)(H,106,123)(H,107,126)(H,118,119)(H,120,121)/t56-,57-,62-,63-,64-,65-,66-,67-,68-,69-,70-,71+,72+,73-,79-/m0/s1. The van der Waals surface area contributed by atoms with E-state index in [0.29, 0.717) is 63.5 Å². The lowest BCUT2D eigenvalue weighted by molar-refractivity contribution is -0.152. The number of rotatable bonds is 25. The zero-order valence-corrected chi connectivity index (χ0v) is 76.1. The molecule has 19 N–H and O–H groups in total. The van der Waals surface area contributed by atoms with E-state index in [2.05, 4.69) is 52.8 Å². The summed E-state index contributed by atoms with van der Waals surface area (Å²) < 4.78 is 45.1. The van der Waals surface area contributed by atoms with E-state index < -0.39 is 296 Å². The third-order valence-corrected chi connectivity index (χ3v) is 24.7. The Morgan fingerprint density at radius 3 is 1.60 bits per heavy atom. The van der Waals surface area contributed by atoms with Gasteiger partial charge in [-0.25, -0.2) is 13.2 Å². The van der Waals surface area contributed by atoms with E-state index in [0.717, 1.165) is 31.5 Å². The quantitative estimate of drug-likeness (QED) is 0.0317. The molecule has 0 spiro atoms. The second-order valence-electron chi connectivity index (χ2n) is 34.1. The Bertz CT molecular complexity index is 5260. The molecule has 43 heteroatoms. The lowest BCUT2D eigenvalue weighted by atomic mass is 9.98. The van der Waals surface area contributed by atoms with Crippen LogP contribution in [0.15, 0.2) is 128 Å². The van der Waals surface area contributed by atoms with Gasteiger partial charge in [0, 0.05) is 108 Å².